The second kappa shape index (κ2) is 12.3. The summed E-state index contributed by atoms with van der Waals surface area (Å²) in [6.07, 6.45) is -4.70. The minimum atomic E-state index is -2.15. The van der Waals surface area contributed by atoms with Crippen molar-refractivity contribution in [1.29, 1.82) is 0 Å². The van der Waals surface area contributed by atoms with Crippen LogP contribution < -0.4 is 0 Å². The van der Waals surface area contributed by atoms with E-state index in [0.29, 0.717) is 19.3 Å². The minimum absolute atomic E-state index is 0.00332. The molecule has 0 aliphatic heterocycles. The fourth-order valence-corrected chi connectivity index (χ4v) is 3.63. The van der Waals surface area contributed by atoms with Crippen molar-refractivity contribution in [2.24, 2.45) is 5.41 Å². The van der Waals surface area contributed by atoms with Crippen molar-refractivity contribution in [3.63, 3.8) is 0 Å². The Kier molecular flexibility index (Phi) is 12.1. The minimum Gasteiger partial charge on any atom is -0.396 e. The van der Waals surface area contributed by atoms with Crippen LogP contribution in [-0.4, -0.2) is 90.2 Å². The fourth-order valence-electron chi connectivity index (χ4n) is 3.63. The van der Waals surface area contributed by atoms with Crippen molar-refractivity contribution in [2.75, 3.05) is 13.2 Å². The van der Waals surface area contributed by atoms with Gasteiger partial charge in [0.25, 0.3) is 0 Å². The van der Waals surface area contributed by atoms with Crippen LogP contribution in [0, 0.1) is 5.41 Å². The zero-order valence-corrected chi connectivity index (χ0v) is 16.8. The van der Waals surface area contributed by atoms with Crippen LogP contribution in [0.2, 0.25) is 0 Å². The van der Waals surface area contributed by atoms with Crippen molar-refractivity contribution < 1.29 is 40.9 Å². The van der Waals surface area contributed by atoms with Crippen LogP contribution >= 0.6 is 0 Å². The number of aliphatic hydroxyl groups excluding tert-OH is 7. The van der Waals surface area contributed by atoms with Crippen molar-refractivity contribution in [2.45, 2.75) is 102 Å². The Morgan fingerprint density at radius 1 is 0.741 bits per heavy atom. The summed E-state index contributed by atoms with van der Waals surface area (Å²) < 4.78 is 0. The molecule has 0 aliphatic rings. The van der Waals surface area contributed by atoms with Crippen LogP contribution in [0.25, 0.3) is 0 Å². The first kappa shape index (κ1) is 26.7. The van der Waals surface area contributed by atoms with Gasteiger partial charge in [-0.2, -0.15) is 0 Å². The first-order valence-electron chi connectivity index (χ1n) is 9.81. The van der Waals surface area contributed by atoms with Crippen molar-refractivity contribution in [3.8, 4) is 0 Å². The molecule has 0 aromatic rings. The van der Waals surface area contributed by atoms with Gasteiger partial charge in [-0.25, -0.2) is 0 Å². The van der Waals surface area contributed by atoms with Crippen LogP contribution in [0.5, 0.6) is 0 Å². The molecule has 27 heavy (non-hydrogen) atoms. The van der Waals surface area contributed by atoms with Crippen molar-refractivity contribution >= 4 is 0 Å². The highest BCUT2D eigenvalue weighted by molar-refractivity contribution is 5.07. The number of hydrogen-bond donors (Lipinski definition) is 8. The van der Waals surface area contributed by atoms with Gasteiger partial charge in [0.15, 0.2) is 0 Å². The number of aliphatic hydroxyl groups is 8. The van der Waals surface area contributed by atoms with Crippen molar-refractivity contribution in [1.82, 2.24) is 0 Å². The summed E-state index contributed by atoms with van der Waals surface area (Å²) >= 11 is 0. The Bertz CT molecular complexity index is 390. The maximum atomic E-state index is 11.3. The highest BCUT2D eigenvalue weighted by atomic mass is 16.4. The van der Waals surface area contributed by atoms with E-state index >= 15 is 0 Å². The van der Waals surface area contributed by atoms with E-state index in [1.807, 2.05) is 0 Å². The molecule has 164 valence electrons. The maximum Gasteiger partial charge on any atom is 0.124 e. The van der Waals surface area contributed by atoms with Gasteiger partial charge in [0, 0.05) is 25.0 Å². The molecule has 6 atom stereocenters. The maximum absolute atomic E-state index is 11.3. The molecule has 0 saturated heterocycles. The van der Waals surface area contributed by atoms with Gasteiger partial charge in [0.05, 0.1) is 30.5 Å². The standard InChI is InChI=1S/C19H40O8/c1-13(22)12-14(23)17(26)18(2,3)19(27,16(25)9-7-11-21)15(24)8-5-4-6-10-20/h13-17,20-27H,4-12H2,1-3H3. The Morgan fingerprint density at radius 3 is 1.67 bits per heavy atom. The smallest absolute Gasteiger partial charge is 0.124 e. The van der Waals surface area contributed by atoms with Crippen LogP contribution in [0.15, 0.2) is 0 Å². The lowest BCUT2D eigenvalue weighted by molar-refractivity contribution is -0.246. The normalized spacial score (nSPS) is 20.6. The summed E-state index contributed by atoms with van der Waals surface area (Å²) in [7, 11) is 0. The Morgan fingerprint density at radius 2 is 1.22 bits per heavy atom. The quantitative estimate of drug-likeness (QED) is 0.168. The van der Waals surface area contributed by atoms with E-state index in [4.69, 9.17) is 10.2 Å². The lowest BCUT2D eigenvalue weighted by Crippen LogP contribution is -2.66. The third-order valence-corrected chi connectivity index (χ3v) is 5.51. The van der Waals surface area contributed by atoms with Crippen LogP contribution in [0.3, 0.4) is 0 Å². The molecule has 8 N–H and O–H groups in total. The molecule has 6 unspecified atom stereocenters. The summed E-state index contributed by atoms with van der Waals surface area (Å²) in [5.74, 6) is 0. The Hall–Kier alpha value is -0.320. The average molecular weight is 397 g/mol. The summed E-state index contributed by atoms with van der Waals surface area (Å²) in [6, 6.07) is 0. The molecular formula is C19H40O8. The van der Waals surface area contributed by atoms with Gasteiger partial charge >= 0.3 is 0 Å². The Balaban J connectivity index is 5.57. The topological polar surface area (TPSA) is 162 Å². The fraction of sp³-hybridized carbons (Fsp3) is 1.00. The lowest BCUT2D eigenvalue weighted by Gasteiger charge is -2.51. The zero-order chi connectivity index (χ0) is 21.3. The molecule has 0 radical (unpaired) electrons. The molecule has 0 saturated carbocycles. The van der Waals surface area contributed by atoms with Crippen LogP contribution in [0.1, 0.15) is 65.7 Å². The molecule has 0 aliphatic carbocycles. The predicted octanol–water partition coefficient (Wildman–Crippen LogP) is -0.717. The van der Waals surface area contributed by atoms with Crippen molar-refractivity contribution in [3.05, 3.63) is 0 Å². The second-order valence-corrected chi connectivity index (χ2v) is 8.11. The van der Waals surface area contributed by atoms with Gasteiger partial charge in [-0.05, 0) is 32.6 Å². The summed E-state index contributed by atoms with van der Waals surface area (Å²) in [4.78, 5) is 0. The van der Waals surface area contributed by atoms with E-state index in [1.54, 1.807) is 0 Å². The van der Waals surface area contributed by atoms with Gasteiger partial charge in [-0.1, -0.05) is 26.7 Å². The first-order valence-corrected chi connectivity index (χ1v) is 9.81. The van der Waals surface area contributed by atoms with Gasteiger partial charge in [-0.15, -0.1) is 0 Å². The molecule has 0 heterocycles. The summed E-state index contributed by atoms with van der Waals surface area (Å²) in [5, 5.41) is 80.9. The van der Waals surface area contributed by atoms with E-state index in [2.05, 4.69) is 0 Å². The molecule has 0 aromatic heterocycles. The summed E-state index contributed by atoms with van der Waals surface area (Å²) in [6.45, 7) is 4.17. The predicted molar refractivity (Wildman–Crippen MR) is 101 cm³/mol. The molecular weight excluding hydrogens is 356 g/mol. The van der Waals surface area contributed by atoms with E-state index in [1.165, 1.54) is 20.8 Å². The molecule has 0 aromatic carbocycles. The molecule has 8 nitrogen and oxygen atoms in total. The molecule has 0 amide bonds. The number of hydrogen-bond acceptors (Lipinski definition) is 8. The average Bonchev–Trinajstić information content (AvgIpc) is 2.60. The molecule has 0 spiro atoms. The monoisotopic (exact) mass is 396 g/mol. The molecule has 0 fully saturated rings. The van der Waals surface area contributed by atoms with Gasteiger partial charge in [-0.3, -0.25) is 0 Å². The Labute approximate surface area is 162 Å². The number of rotatable bonds is 15. The zero-order valence-electron chi connectivity index (χ0n) is 16.8. The van der Waals surface area contributed by atoms with Crippen LogP contribution in [0.4, 0.5) is 0 Å². The van der Waals surface area contributed by atoms with Gasteiger partial charge < -0.3 is 40.9 Å². The third-order valence-electron chi connectivity index (χ3n) is 5.51. The SMILES string of the molecule is CC(O)CC(O)C(O)C(C)(C)C(O)(C(O)CCCO)C(O)CCCCCO. The third kappa shape index (κ3) is 7.21. The van der Waals surface area contributed by atoms with Gasteiger partial charge in [0.1, 0.15) is 5.60 Å². The lowest BCUT2D eigenvalue weighted by atomic mass is 9.62. The van der Waals surface area contributed by atoms with E-state index in [-0.39, 0.29) is 38.9 Å². The van der Waals surface area contributed by atoms with Gasteiger partial charge in [0.2, 0.25) is 0 Å². The largest absolute Gasteiger partial charge is 0.396 e. The highest BCUT2D eigenvalue weighted by Crippen LogP contribution is 2.43. The van der Waals surface area contributed by atoms with Crippen LogP contribution in [-0.2, 0) is 0 Å². The van der Waals surface area contributed by atoms with E-state index in [9.17, 15) is 30.6 Å². The molecule has 8 heteroatoms. The second-order valence-electron chi connectivity index (χ2n) is 8.11. The summed E-state index contributed by atoms with van der Waals surface area (Å²) in [5.41, 5.74) is -3.67. The number of unbranched alkanes of at least 4 members (excludes halogenated alkanes) is 2. The first-order chi connectivity index (χ1) is 12.5. The highest BCUT2D eigenvalue weighted by Gasteiger charge is 2.57. The molecule has 0 rings (SSSR count). The molecule has 0 bridgehead atoms. The van der Waals surface area contributed by atoms with E-state index < -0.39 is 41.5 Å². The van der Waals surface area contributed by atoms with E-state index in [0.717, 1.165) is 0 Å².